The van der Waals surface area contributed by atoms with Crippen LogP contribution in [0.3, 0.4) is 0 Å². The maximum absolute atomic E-state index is 12.0. The monoisotopic (exact) mass is 736 g/mol. The van der Waals surface area contributed by atoms with Gasteiger partial charge in [-0.25, -0.2) is 0 Å². The van der Waals surface area contributed by atoms with Gasteiger partial charge in [0, 0.05) is 49.6 Å². The van der Waals surface area contributed by atoms with Crippen molar-refractivity contribution in [3.8, 4) is 17.3 Å². The van der Waals surface area contributed by atoms with Crippen LogP contribution >= 0.6 is 0 Å². The van der Waals surface area contributed by atoms with Crippen molar-refractivity contribution in [3.05, 3.63) is 89.3 Å². The van der Waals surface area contributed by atoms with Crippen molar-refractivity contribution >= 4 is 27.3 Å². The number of carbonyl (C=O) groups is 1. The number of carbonyl (C=O) groups excluding carboxylic acids is 1. The number of aromatic nitrogens is 1. The van der Waals surface area contributed by atoms with Crippen LogP contribution in [0.5, 0.6) is 0 Å². The Morgan fingerprint density at radius 1 is 0.929 bits per heavy atom. The Morgan fingerprint density at radius 2 is 1.62 bits per heavy atom. The van der Waals surface area contributed by atoms with E-state index in [4.69, 9.17) is 0 Å². The van der Waals surface area contributed by atoms with Gasteiger partial charge in [0.15, 0.2) is 5.78 Å². The van der Waals surface area contributed by atoms with Crippen molar-refractivity contribution < 1.29 is 30.0 Å². The van der Waals surface area contributed by atoms with Gasteiger partial charge in [0.05, 0.1) is 17.4 Å². The standard InChI is InChI=1S/C22H15N2.C15H24O2.Ir/c1-14-10-15(2)12-18(11-14)22-20-7-6-16-4-3-5-17(13-23)21(16)19(20)8-9-24-22;16-14(12-7-3-1-4-8-12)11-15(17)13-9-5-2-6-10-13;/h3-11H,1-2H3;11-13,16H,1-10H2;/q-1;;/b;14-11-;. The van der Waals surface area contributed by atoms with Crippen LogP contribution < -0.4 is 0 Å². The summed E-state index contributed by atoms with van der Waals surface area (Å²) < 4.78 is 0. The number of aliphatic hydroxyl groups is 1. The molecule has 0 saturated heterocycles. The number of ketones is 1. The molecule has 219 valence electrons. The molecule has 1 N–H and O–H groups in total. The predicted octanol–water partition coefficient (Wildman–Crippen LogP) is 9.50. The first-order valence-corrected chi connectivity index (χ1v) is 15.1. The van der Waals surface area contributed by atoms with Crippen LogP contribution in [-0.4, -0.2) is 15.9 Å². The molecule has 0 unspecified atom stereocenters. The van der Waals surface area contributed by atoms with Gasteiger partial charge in [-0.05, 0) is 59.7 Å². The molecule has 2 aliphatic rings. The summed E-state index contributed by atoms with van der Waals surface area (Å²) in [5.74, 6) is 0.985. The van der Waals surface area contributed by atoms with Crippen LogP contribution in [0.25, 0.3) is 32.8 Å². The predicted molar refractivity (Wildman–Crippen MR) is 167 cm³/mol. The number of allylic oxidation sites excluding steroid dienone is 2. The minimum atomic E-state index is 0. The number of nitrogens with zero attached hydrogens (tertiary/aromatic N) is 2. The number of fused-ring (bicyclic) bond motifs is 3. The van der Waals surface area contributed by atoms with Crippen molar-refractivity contribution in [1.82, 2.24) is 4.98 Å². The number of aryl methyl sites for hydroxylation is 2. The molecule has 0 bridgehead atoms. The second-order valence-corrected chi connectivity index (χ2v) is 11.7. The van der Waals surface area contributed by atoms with Crippen molar-refractivity contribution in [2.45, 2.75) is 78.1 Å². The Labute approximate surface area is 263 Å². The van der Waals surface area contributed by atoms with Crippen LogP contribution in [0.4, 0.5) is 0 Å². The van der Waals surface area contributed by atoms with Crippen LogP contribution in [0.2, 0.25) is 0 Å². The van der Waals surface area contributed by atoms with Gasteiger partial charge < -0.3 is 10.1 Å². The third-order valence-electron chi connectivity index (χ3n) is 8.63. The molecule has 4 aromatic rings. The molecule has 2 fully saturated rings. The van der Waals surface area contributed by atoms with E-state index in [0.29, 0.717) is 11.3 Å². The number of hydrogen-bond acceptors (Lipinski definition) is 4. The first-order valence-electron chi connectivity index (χ1n) is 15.1. The zero-order valence-electron chi connectivity index (χ0n) is 24.6. The summed E-state index contributed by atoms with van der Waals surface area (Å²) >= 11 is 0. The van der Waals surface area contributed by atoms with E-state index in [-0.39, 0.29) is 37.7 Å². The molecule has 0 aliphatic heterocycles. The fourth-order valence-corrected chi connectivity index (χ4v) is 6.54. The number of hydrogen-bond donors (Lipinski definition) is 1. The molecule has 5 heteroatoms. The fourth-order valence-electron chi connectivity index (χ4n) is 6.54. The molecule has 0 amide bonds. The summed E-state index contributed by atoms with van der Waals surface area (Å²) in [6.07, 6.45) is 14.8. The SMILES string of the molecule is Cc1[c-]c(-c2nccc3c2ccc2cccc(C#N)c23)cc(C)c1.O=C(/C=C(\O)C1CCCCC1)C1CCCCC1.[Ir]. The largest absolute Gasteiger partial charge is 0.512 e. The van der Waals surface area contributed by atoms with Gasteiger partial charge in [-0.1, -0.05) is 76.6 Å². The summed E-state index contributed by atoms with van der Waals surface area (Å²) in [5, 5.41) is 23.7. The molecule has 3 aromatic carbocycles. The van der Waals surface area contributed by atoms with E-state index >= 15 is 0 Å². The zero-order chi connectivity index (χ0) is 28.8. The van der Waals surface area contributed by atoms with Crippen molar-refractivity contribution in [2.75, 3.05) is 0 Å². The summed E-state index contributed by atoms with van der Waals surface area (Å²) in [6.45, 7) is 4.13. The van der Waals surface area contributed by atoms with Crippen LogP contribution in [0.15, 0.2) is 66.6 Å². The third kappa shape index (κ3) is 7.35. The molecule has 0 atom stereocenters. The van der Waals surface area contributed by atoms with Gasteiger partial charge in [-0.15, -0.1) is 34.9 Å². The van der Waals surface area contributed by atoms with Crippen LogP contribution in [0.1, 0.15) is 80.9 Å². The Hall–Kier alpha value is -3.32. The number of pyridine rings is 1. The second kappa shape index (κ2) is 14.7. The maximum Gasteiger partial charge on any atom is 0.162 e. The number of nitriles is 1. The third-order valence-corrected chi connectivity index (χ3v) is 8.63. The molecule has 0 spiro atoms. The van der Waals surface area contributed by atoms with Gasteiger partial charge in [0.2, 0.25) is 0 Å². The zero-order valence-corrected chi connectivity index (χ0v) is 27.0. The maximum atomic E-state index is 12.0. The number of benzene rings is 3. The molecule has 1 radical (unpaired) electrons. The average molecular weight is 736 g/mol. The van der Waals surface area contributed by atoms with Gasteiger partial charge in [0.25, 0.3) is 0 Å². The van der Waals surface area contributed by atoms with Gasteiger partial charge in [-0.2, -0.15) is 5.26 Å². The van der Waals surface area contributed by atoms with Crippen molar-refractivity contribution in [1.29, 1.82) is 5.26 Å². The van der Waals surface area contributed by atoms with E-state index in [2.05, 4.69) is 48.3 Å². The number of aliphatic hydroxyl groups excluding tert-OH is 1. The first-order chi connectivity index (χ1) is 19.9. The van der Waals surface area contributed by atoms with E-state index in [1.807, 2.05) is 37.4 Å². The molecular formula is C37H39IrN2O2-. The van der Waals surface area contributed by atoms with Crippen molar-refractivity contribution in [2.24, 2.45) is 11.8 Å². The minimum absolute atomic E-state index is 0. The molecular weight excluding hydrogens is 697 g/mol. The average Bonchev–Trinajstić information content (AvgIpc) is 3.01. The molecule has 2 aliphatic carbocycles. The van der Waals surface area contributed by atoms with Gasteiger partial charge >= 0.3 is 0 Å². The number of rotatable bonds is 4. The Kier molecular flexibility index (Phi) is 11.1. The minimum Gasteiger partial charge on any atom is -0.512 e. The normalized spacial score (nSPS) is 16.3. The second-order valence-electron chi connectivity index (χ2n) is 11.7. The topological polar surface area (TPSA) is 74.0 Å². The molecule has 2 saturated carbocycles. The summed E-state index contributed by atoms with van der Waals surface area (Å²) in [5.41, 5.74) is 4.89. The van der Waals surface area contributed by atoms with E-state index in [0.717, 1.165) is 64.0 Å². The van der Waals surface area contributed by atoms with E-state index < -0.39 is 0 Å². The summed E-state index contributed by atoms with van der Waals surface area (Å²) in [7, 11) is 0. The van der Waals surface area contributed by atoms with Crippen LogP contribution in [-0.2, 0) is 24.9 Å². The molecule has 1 heterocycles. The van der Waals surface area contributed by atoms with E-state index in [1.54, 1.807) is 6.08 Å². The molecule has 6 rings (SSSR count). The van der Waals surface area contributed by atoms with Gasteiger partial charge in [-0.3, -0.25) is 4.79 Å². The smallest absolute Gasteiger partial charge is 0.162 e. The Morgan fingerprint density at radius 3 is 2.29 bits per heavy atom. The molecule has 1 aromatic heterocycles. The molecule has 42 heavy (non-hydrogen) atoms. The fraction of sp³-hybridized carbons (Fsp3) is 0.378. The van der Waals surface area contributed by atoms with Crippen molar-refractivity contribution in [3.63, 3.8) is 0 Å². The van der Waals surface area contributed by atoms with E-state index in [1.165, 1.54) is 44.1 Å². The molecule has 4 nitrogen and oxygen atoms in total. The van der Waals surface area contributed by atoms with Gasteiger partial charge in [0.1, 0.15) is 0 Å². The first kappa shape index (κ1) is 31.6. The quantitative estimate of drug-likeness (QED) is 0.0981. The van der Waals surface area contributed by atoms with Crippen LogP contribution in [0, 0.1) is 43.1 Å². The van der Waals surface area contributed by atoms with E-state index in [9.17, 15) is 15.2 Å². The summed E-state index contributed by atoms with van der Waals surface area (Å²) in [4.78, 5) is 16.6. The summed E-state index contributed by atoms with van der Waals surface area (Å²) in [6, 6.07) is 21.9. The Bertz CT molecular complexity index is 1600. The Balaban J connectivity index is 0.000000200.